The van der Waals surface area contributed by atoms with Crippen LogP contribution < -0.4 is 0 Å². The maximum Gasteiger partial charge on any atom is 0.175 e. The van der Waals surface area contributed by atoms with E-state index in [1.54, 1.807) is 12.1 Å². The van der Waals surface area contributed by atoms with Gasteiger partial charge in [0.1, 0.15) is 0 Å². The summed E-state index contributed by atoms with van der Waals surface area (Å²) in [5.74, 6) is 0. The second-order valence-corrected chi connectivity index (χ2v) is 20.7. The Morgan fingerprint density at radius 1 is 0.365 bits per heavy atom. The van der Waals surface area contributed by atoms with Gasteiger partial charge in [0, 0.05) is 6.26 Å². The van der Waals surface area contributed by atoms with E-state index in [9.17, 15) is 8.42 Å². The summed E-state index contributed by atoms with van der Waals surface area (Å²) in [6.07, 6.45) is 1.24. The molecular weight excluding hydrogens is 653 g/mol. The summed E-state index contributed by atoms with van der Waals surface area (Å²) in [4.78, 5) is 0.401. The van der Waals surface area contributed by atoms with Gasteiger partial charge in [0.25, 0.3) is 0 Å². The van der Waals surface area contributed by atoms with Crippen LogP contribution in [0.25, 0.3) is 0 Å². The zero-order chi connectivity index (χ0) is 39.9. The average Bonchev–Trinajstić information content (AvgIpc) is 2.95. The highest BCUT2D eigenvalue weighted by Crippen LogP contribution is 2.29. The summed E-state index contributed by atoms with van der Waals surface area (Å²) in [7, 11) is -3.10. The third kappa shape index (κ3) is 15.8. The standard InChI is InChI=1S/C12H18O2S.3C12H18.CH4/c1-9-6-7-10(15(5,13)14)8-11(9)12(2,3)4;3*1-9-6-7-10(2)11(8-9)12(3,4)5;/h6-8H,1-5H3;3*6-8H,1-5H3;1H4. The molecule has 290 valence electrons. The van der Waals surface area contributed by atoms with Crippen LogP contribution in [0.15, 0.2) is 77.7 Å². The van der Waals surface area contributed by atoms with Gasteiger partial charge in [-0.05, 0) is 127 Å². The molecule has 0 saturated carbocycles. The van der Waals surface area contributed by atoms with Crippen molar-refractivity contribution in [2.24, 2.45) is 0 Å². The normalized spacial score (nSPS) is 11.8. The summed E-state index contributed by atoms with van der Waals surface area (Å²) >= 11 is 0. The summed E-state index contributed by atoms with van der Waals surface area (Å²) in [6.45, 7) is 41.6. The van der Waals surface area contributed by atoms with Crippen LogP contribution in [0.1, 0.15) is 152 Å². The Morgan fingerprint density at radius 2 is 0.577 bits per heavy atom. The van der Waals surface area contributed by atoms with E-state index in [1.807, 2.05) is 13.0 Å². The number of sulfone groups is 1. The third-order valence-corrected chi connectivity index (χ3v) is 10.2. The lowest BCUT2D eigenvalue weighted by Gasteiger charge is -2.22. The van der Waals surface area contributed by atoms with E-state index in [2.05, 4.69) is 179 Å². The van der Waals surface area contributed by atoms with Crippen molar-refractivity contribution in [1.82, 2.24) is 0 Å². The highest BCUT2D eigenvalue weighted by Gasteiger charge is 2.20. The van der Waals surface area contributed by atoms with Crippen LogP contribution in [-0.2, 0) is 31.5 Å². The number of hydrogen-bond acceptors (Lipinski definition) is 2. The lowest BCUT2D eigenvalue weighted by Crippen LogP contribution is -2.14. The molecule has 0 aromatic heterocycles. The summed E-state index contributed by atoms with van der Waals surface area (Å²) in [5.41, 5.74) is 15.6. The van der Waals surface area contributed by atoms with Gasteiger partial charge in [-0.25, -0.2) is 8.42 Å². The summed E-state index contributed by atoms with van der Waals surface area (Å²) < 4.78 is 22.8. The number of rotatable bonds is 1. The predicted molar refractivity (Wildman–Crippen MR) is 234 cm³/mol. The van der Waals surface area contributed by atoms with Crippen LogP contribution in [0.2, 0.25) is 0 Å². The molecule has 3 heteroatoms. The smallest absolute Gasteiger partial charge is 0.175 e. The lowest BCUT2D eigenvalue weighted by molar-refractivity contribution is 0.581. The molecular formula is C49H76O2S. The Morgan fingerprint density at radius 3 is 0.769 bits per heavy atom. The van der Waals surface area contributed by atoms with Gasteiger partial charge < -0.3 is 0 Å². The molecule has 0 aliphatic rings. The SMILES string of the molecule is C.Cc1ccc(C)c(C(C)(C)C)c1.Cc1ccc(C)c(C(C)(C)C)c1.Cc1ccc(C)c(C(C)(C)C)c1.Cc1ccc(S(C)(=O)=O)cc1C(C)(C)C. The number of hydrogen-bond donors (Lipinski definition) is 0. The van der Waals surface area contributed by atoms with Crippen LogP contribution in [0.4, 0.5) is 0 Å². The Labute approximate surface area is 322 Å². The van der Waals surface area contributed by atoms with Crippen molar-refractivity contribution in [2.75, 3.05) is 6.26 Å². The molecule has 2 nitrogen and oxygen atoms in total. The fourth-order valence-corrected chi connectivity index (χ4v) is 6.92. The first-order chi connectivity index (χ1) is 22.9. The second-order valence-electron chi connectivity index (χ2n) is 18.7. The molecule has 0 radical (unpaired) electrons. The minimum Gasteiger partial charge on any atom is -0.224 e. The molecule has 0 aliphatic heterocycles. The topological polar surface area (TPSA) is 34.1 Å². The Kier molecular flexibility index (Phi) is 17.6. The molecule has 0 heterocycles. The van der Waals surface area contributed by atoms with Gasteiger partial charge in [-0.1, -0.05) is 168 Å². The summed E-state index contributed by atoms with van der Waals surface area (Å²) in [5, 5.41) is 0. The molecule has 4 aromatic carbocycles. The summed E-state index contributed by atoms with van der Waals surface area (Å²) in [6, 6.07) is 25.3. The second kappa shape index (κ2) is 18.7. The highest BCUT2D eigenvalue weighted by atomic mass is 32.2. The van der Waals surface area contributed by atoms with Crippen molar-refractivity contribution < 1.29 is 8.42 Å². The van der Waals surface area contributed by atoms with E-state index >= 15 is 0 Å². The first-order valence-electron chi connectivity index (χ1n) is 18.4. The fourth-order valence-electron chi connectivity index (χ4n) is 6.27. The minimum atomic E-state index is -3.10. The largest absolute Gasteiger partial charge is 0.224 e. The molecule has 0 spiro atoms. The van der Waals surface area contributed by atoms with E-state index in [4.69, 9.17) is 0 Å². The number of aryl methyl sites for hydroxylation is 7. The average molecular weight is 729 g/mol. The molecule has 4 aromatic rings. The lowest BCUT2D eigenvalue weighted by atomic mass is 9.83. The Hall–Kier alpha value is -3.17. The van der Waals surface area contributed by atoms with Crippen LogP contribution in [0, 0.1) is 48.5 Å². The van der Waals surface area contributed by atoms with Crippen molar-refractivity contribution in [1.29, 1.82) is 0 Å². The van der Waals surface area contributed by atoms with E-state index in [0.717, 1.165) is 11.1 Å². The van der Waals surface area contributed by atoms with E-state index in [-0.39, 0.29) is 29.1 Å². The van der Waals surface area contributed by atoms with Crippen molar-refractivity contribution in [3.8, 4) is 0 Å². The molecule has 0 saturated heterocycles. The van der Waals surface area contributed by atoms with Gasteiger partial charge in [0.15, 0.2) is 9.84 Å². The molecule has 0 aliphatic carbocycles. The van der Waals surface area contributed by atoms with E-state index < -0.39 is 9.84 Å². The molecule has 0 amide bonds. The number of benzene rings is 4. The minimum absolute atomic E-state index is 0. The molecule has 0 unspecified atom stereocenters. The van der Waals surface area contributed by atoms with Gasteiger partial charge in [0.05, 0.1) is 4.90 Å². The van der Waals surface area contributed by atoms with E-state index in [0.29, 0.717) is 4.90 Å². The molecule has 52 heavy (non-hydrogen) atoms. The fraction of sp³-hybridized carbons (Fsp3) is 0.510. The van der Waals surface area contributed by atoms with Gasteiger partial charge >= 0.3 is 0 Å². The zero-order valence-corrected chi connectivity index (χ0v) is 37.0. The predicted octanol–water partition coefficient (Wildman–Crippen LogP) is 14.1. The molecule has 0 bridgehead atoms. The first-order valence-corrected chi connectivity index (χ1v) is 20.3. The van der Waals surface area contributed by atoms with Crippen molar-refractivity contribution in [3.05, 3.63) is 134 Å². The van der Waals surface area contributed by atoms with Crippen LogP contribution >= 0.6 is 0 Å². The molecule has 4 rings (SSSR count). The molecule has 0 fully saturated rings. The van der Waals surface area contributed by atoms with Crippen LogP contribution in [0.5, 0.6) is 0 Å². The first kappa shape index (κ1) is 48.8. The Bertz CT molecular complexity index is 1700. The monoisotopic (exact) mass is 729 g/mol. The molecule has 0 atom stereocenters. The highest BCUT2D eigenvalue weighted by molar-refractivity contribution is 7.90. The van der Waals surface area contributed by atoms with Crippen molar-refractivity contribution in [2.45, 2.75) is 166 Å². The zero-order valence-electron chi connectivity index (χ0n) is 36.2. The van der Waals surface area contributed by atoms with Crippen molar-refractivity contribution in [3.63, 3.8) is 0 Å². The van der Waals surface area contributed by atoms with Gasteiger partial charge in [-0.2, -0.15) is 0 Å². The van der Waals surface area contributed by atoms with Gasteiger partial charge in [0.2, 0.25) is 0 Å². The van der Waals surface area contributed by atoms with Gasteiger partial charge in [-0.3, -0.25) is 0 Å². The maximum absolute atomic E-state index is 11.4. The Balaban J connectivity index is 0.000000666. The van der Waals surface area contributed by atoms with E-state index in [1.165, 1.54) is 56.3 Å². The quantitative estimate of drug-likeness (QED) is 0.196. The maximum atomic E-state index is 11.4. The molecule has 0 N–H and O–H groups in total. The van der Waals surface area contributed by atoms with Crippen molar-refractivity contribution >= 4 is 9.84 Å². The van der Waals surface area contributed by atoms with Crippen LogP contribution in [0.3, 0.4) is 0 Å². The van der Waals surface area contributed by atoms with Gasteiger partial charge in [-0.15, -0.1) is 0 Å². The van der Waals surface area contributed by atoms with Crippen LogP contribution in [-0.4, -0.2) is 14.7 Å². The third-order valence-electron chi connectivity index (χ3n) is 9.05.